The summed E-state index contributed by atoms with van der Waals surface area (Å²) in [6.07, 6.45) is 2.00. The van der Waals surface area contributed by atoms with Gasteiger partial charge in [-0.2, -0.15) is 4.98 Å². The maximum absolute atomic E-state index is 9.89. The molecule has 0 spiro atoms. The van der Waals surface area contributed by atoms with Crippen molar-refractivity contribution in [2.45, 2.75) is 18.9 Å². The number of ether oxygens (including phenoxy) is 1. The van der Waals surface area contributed by atoms with Crippen molar-refractivity contribution in [3.05, 3.63) is 18.2 Å². The lowest BCUT2D eigenvalue weighted by Gasteiger charge is -2.19. The number of pyridine rings is 1. The summed E-state index contributed by atoms with van der Waals surface area (Å²) in [4.78, 5) is 6.71. The topological polar surface area (TPSA) is 45.6 Å². The summed E-state index contributed by atoms with van der Waals surface area (Å²) in [7, 11) is 1.63. The third-order valence-electron chi connectivity index (χ3n) is 4.06. The number of nitrogens with zero attached hydrogens (tertiary/aromatic N) is 2. The second-order valence-electron chi connectivity index (χ2n) is 5.01. The first-order chi connectivity index (χ1) is 8.28. The number of hydrogen-bond acceptors (Lipinski definition) is 4. The standard InChI is InChI=1S/C13H18N2O2/c1-17-13-4-2-3-12(14-13)15-7-9-5-6-11(16)10(9)8-15/h2-4,9-11,16H,5-8H2,1H3. The van der Waals surface area contributed by atoms with Crippen molar-refractivity contribution < 1.29 is 9.84 Å². The zero-order valence-corrected chi connectivity index (χ0v) is 10.0. The number of aliphatic hydroxyl groups excluding tert-OH is 1. The molecule has 4 heteroatoms. The van der Waals surface area contributed by atoms with Crippen molar-refractivity contribution in [2.75, 3.05) is 25.1 Å². The van der Waals surface area contributed by atoms with E-state index in [2.05, 4.69) is 9.88 Å². The van der Waals surface area contributed by atoms with Crippen LogP contribution in [0.2, 0.25) is 0 Å². The number of hydrogen-bond donors (Lipinski definition) is 1. The molecule has 0 aromatic carbocycles. The molecule has 0 amide bonds. The van der Waals surface area contributed by atoms with Crippen LogP contribution in [0.25, 0.3) is 0 Å². The summed E-state index contributed by atoms with van der Waals surface area (Å²) in [5.74, 6) is 2.69. The van der Waals surface area contributed by atoms with Crippen molar-refractivity contribution in [3.8, 4) is 5.88 Å². The van der Waals surface area contributed by atoms with E-state index in [9.17, 15) is 5.11 Å². The van der Waals surface area contributed by atoms with Crippen LogP contribution in [0.4, 0.5) is 5.82 Å². The van der Waals surface area contributed by atoms with Crippen molar-refractivity contribution in [2.24, 2.45) is 11.8 Å². The first-order valence-electron chi connectivity index (χ1n) is 6.22. The highest BCUT2D eigenvalue weighted by molar-refractivity contribution is 5.42. The highest BCUT2D eigenvalue weighted by atomic mass is 16.5. The van der Waals surface area contributed by atoms with Crippen LogP contribution in [0.5, 0.6) is 5.88 Å². The molecule has 0 bridgehead atoms. The molecular formula is C13H18N2O2. The zero-order valence-electron chi connectivity index (χ0n) is 10.0. The van der Waals surface area contributed by atoms with Crippen molar-refractivity contribution in [1.82, 2.24) is 4.98 Å². The van der Waals surface area contributed by atoms with Crippen LogP contribution in [0.3, 0.4) is 0 Å². The fourth-order valence-corrected chi connectivity index (χ4v) is 3.12. The number of aromatic nitrogens is 1. The van der Waals surface area contributed by atoms with Gasteiger partial charge in [-0.25, -0.2) is 0 Å². The third kappa shape index (κ3) is 1.86. The summed E-state index contributed by atoms with van der Waals surface area (Å²) in [5, 5.41) is 9.89. The second-order valence-corrected chi connectivity index (χ2v) is 5.01. The molecule has 17 heavy (non-hydrogen) atoms. The first kappa shape index (κ1) is 10.8. The Hall–Kier alpha value is -1.29. The van der Waals surface area contributed by atoms with Crippen molar-refractivity contribution >= 4 is 5.82 Å². The average Bonchev–Trinajstić information content (AvgIpc) is 2.92. The Labute approximate surface area is 101 Å². The minimum absolute atomic E-state index is 0.115. The van der Waals surface area contributed by atoms with Gasteiger partial charge < -0.3 is 14.7 Å². The Morgan fingerprint density at radius 3 is 3.00 bits per heavy atom. The van der Waals surface area contributed by atoms with Gasteiger partial charge in [-0.05, 0) is 24.8 Å². The fourth-order valence-electron chi connectivity index (χ4n) is 3.12. The third-order valence-corrected chi connectivity index (χ3v) is 4.06. The molecule has 2 aliphatic rings. The van der Waals surface area contributed by atoms with Gasteiger partial charge in [-0.3, -0.25) is 0 Å². The van der Waals surface area contributed by atoms with Crippen LogP contribution in [-0.2, 0) is 0 Å². The van der Waals surface area contributed by atoms with E-state index in [1.807, 2.05) is 18.2 Å². The van der Waals surface area contributed by atoms with E-state index in [-0.39, 0.29) is 6.10 Å². The van der Waals surface area contributed by atoms with Gasteiger partial charge in [-0.1, -0.05) is 6.07 Å². The highest BCUT2D eigenvalue weighted by Crippen LogP contribution is 2.39. The molecule has 3 atom stereocenters. The van der Waals surface area contributed by atoms with Crippen LogP contribution in [0, 0.1) is 11.8 Å². The molecule has 4 nitrogen and oxygen atoms in total. The van der Waals surface area contributed by atoms with Gasteiger partial charge in [0.25, 0.3) is 0 Å². The molecule has 0 radical (unpaired) electrons. The first-order valence-corrected chi connectivity index (χ1v) is 6.22. The van der Waals surface area contributed by atoms with Crippen molar-refractivity contribution in [3.63, 3.8) is 0 Å². The minimum Gasteiger partial charge on any atom is -0.481 e. The maximum atomic E-state index is 9.89. The predicted octanol–water partition coefficient (Wildman–Crippen LogP) is 1.30. The molecule has 1 saturated heterocycles. The maximum Gasteiger partial charge on any atom is 0.214 e. The molecular weight excluding hydrogens is 216 g/mol. The number of rotatable bonds is 2. The lowest BCUT2D eigenvalue weighted by molar-refractivity contribution is 0.133. The highest BCUT2D eigenvalue weighted by Gasteiger charge is 2.42. The van der Waals surface area contributed by atoms with E-state index in [0.29, 0.717) is 17.7 Å². The van der Waals surface area contributed by atoms with Gasteiger partial charge >= 0.3 is 0 Å². The zero-order chi connectivity index (χ0) is 11.8. The smallest absolute Gasteiger partial charge is 0.214 e. The molecule has 3 rings (SSSR count). The number of anilines is 1. The SMILES string of the molecule is COc1cccc(N2CC3CCC(O)C3C2)n1. The van der Waals surface area contributed by atoms with Crippen LogP contribution in [-0.4, -0.2) is 36.4 Å². The van der Waals surface area contributed by atoms with Crippen LogP contribution in [0.1, 0.15) is 12.8 Å². The van der Waals surface area contributed by atoms with Gasteiger partial charge in [0.15, 0.2) is 0 Å². The molecule has 1 aliphatic heterocycles. The average molecular weight is 234 g/mol. The molecule has 1 N–H and O–H groups in total. The van der Waals surface area contributed by atoms with Crippen LogP contribution in [0.15, 0.2) is 18.2 Å². The van der Waals surface area contributed by atoms with Crippen molar-refractivity contribution in [1.29, 1.82) is 0 Å². The van der Waals surface area contributed by atoms with Crippen LogP contribution < -0.4 is 9.64 Å². The molecule has 2 heterocycles. The summed E-state index contributed by atoms with van der Waals surface area (Å²) >= 11 is 0. The summed E-state index contributed by atoms with van der Waals surface area (Å²) in [5.41, 5.74) is 0. The Kier molecular flexibility index (Phi) is 2.67. The molecule has 3 unspecified atom stereocenters. The van der Waals surface area contributed by atoms with E-state index in [1.165, 1.54) is 0 Å². The Balaban J connectivity index is 1.78. The van der Waals surface area contributed by atoms with E-state index in [4.69, 9.17) is 4.74 Å². The predicted molar refractivity (Wildman–Crippen MR) is 65.2 cm³/mol. The van der Waals surface area contributed by atoms with E-state index in [0.717, 1.165) is 31.7 Å². The monoisotopic (exact) mass is 234 g/mol. The van der Waals surface area contributed by atoms with Gasteiger partial charge in [0, 0.05) is 25.1 Å². The molecule has 92 valence electrons. The molecule has 2 fully saturated rings. The molecule has 1 saturated carbocycles. The quantitative estimate of drug-likeness (QED) is 0.837. The minimum atomic E-state index is -0.115. The molecule has 1 aromatic heterocycles. The van der Waals surface area contributed by atoms with Gasteiger partial charge in [0.2, 0.25) is 5.88 Å². The Morgan fingerprint density at radius 2 is 2.24 bits per heavy atom. The van der Waals surface area contributed by atoms with E-state index < -0.39 is 0 Å². The summed E-state index contributed by atoms with van der Waals surface area (Å²) in [6.45, 7) is 1.94. The summed E-state index contributed by atoms with van der Waals surface area (Å²) in [6, 6.07) is 5.83. The van der Waals surface area contributed by atoms with Gasteiger partial charge in [0.05, 0.1) is 13.2 Å². The summed E-state index contributed by atoms with van der Waals surface area (Å²) < 4.78 is 5.14. The number of fused-ring (bicyclic) bond motifs is 1. The molecule has 1 aromatic rings. The Bertz CT molecular complexity index is 410. The van der Waals surface area contributed by atoms with Crippen LogP contribution >= 0.6 is 0 Å². The largest absolute Gasteiger partial charge is 0.481 e. The second kappa shape index (κ2) is 4.18. The number of methoxy groups -OCH3 is 1. The normalized spacial score (nSPS) is 31.6. The van der Waals surface area contributed by atoms with E-state index >= 15 is 0 Å². The van der Waals surface area contributed by atoms with E-state index in [1.54, 1.807) is 7.11 Å². The van der Waals surface area contributed by atoms with Gasteiger partial charge in [-0.15, -0.1) is 0 Å². The fraction of sp³-hybridized carbons (Fsp3) is 0.615. The number of aliphatic hydroxyl groups is 1. The Morgan fingerprint density at radius 1 is 1.35 bits per heavy atom. The van der Waals surface area contributed by atoms with Gasteiger partial charge in [0.1, 0.15) is 5.82 Å². The molecule has 1 aliphatic carbocycles. The lowest BCUT2D eigenvalue weighted by atomic mass is 10.00. The lowest BCUT2D eigenvalue weighted by Crippen LogP contribution is -2.25.